The maximum atomic E-state index is 12.3. The highest BCUT2D eigenvalue weighted by atomic mass is 32.2. The molecule has 0 unspecified atom stereocenters. The molecule has 8 heteroatoms. The van der Waals surface area contributed by atoms with Crippen molar-refractivity contribution < 1.29 is 9.59 Å². The summed E-state index contributed by atoms with van der Waals surface area (Å²) in [5.74, 6) is -0.122. The van der Waals surface area contributed by atoms with Crippen molar-refractivity contribution in [1.29, 1.82) is 0 Å². The van der Waals surface area contributed by atoms with E-state index in [1.165, 1.54) is 18.7 Å². The Hall–Kier alpha value is -1.77. The first-order chi connectivity index (χ1) is 12.4. The van der Waals surface area contributed by atoms with Crippen LogP contribution >= 0.6 is 35.7 Å². The van der Waals surface area contributed by atoms with E-state index in [2.05, 4.69) is 17.1 Å². The van der Waals surface area contributed by atoms with Gasteiger partial charge in [0.2, 0.25) is 5.91 Å². The van der Waals surface area contributed by atoms with E-state index in [1.807, 2.05) is 37.3 Å². The zero-order chi connectivity index (χ0) is 18.8. The molecule has 1 fully saturated rings. The van der Waals surface area contributed by atoms with E-state index in [1.54, 1.807) is 16.7 Å². The molecule has 136 valence electrons. The lowest BCUT2D eigenvalue weighted by molar-refractivity contribution is -0.122. The van der Waals surface area contributed by atoms with Gasteiger partial charge in [-0.15, -0.1) is 0 Å². The monoisotopic (exact) mass is 405 g/mol. The van der Waals surface area contributed by atoms with E-state index in [4.69, 9.17) is 12.2 Å². The number of rotatable bonds is 4. The van der Waals surface area contributed by atoms with Gasteiger partial charge in [0, 0.05) is 30.6 Å². The number of likely N-dealkylation sites (N-methyl/N-ethyl adjacent to an activating group) is 1. The molecule has 2 aliphatic heterocycles. The van der Waals surface area contributed by atoms with Crippen molar-refractivity contribution in [1.82, 2.24) is 4.90 Å². The minimum absolute atomic E-state index is 0.0316. The van der Waals surface area contributed by atoms with Crippen LogP contribution in [0.1, 0.15) is 20.8 Å². The van der Waals surface area contributed by atoms with Crippen LogP contribution in [-0.4, -0.2) is 34.1 Å². The third-order valence-corrected chi connectivity index (χ3v) is 6.46. The lowest BCUT2D eigenvalue weighted by Gasteiger charge is -2.18. The maximum Gasteiger partial charge on any atom is 0.266 e. The summed E-state index contributed by atoms with van der Waals surface area (Å²) in [6.45, 7) is 6.87. The summed E-state index contributed by atoms with van der Waals surface area (Å²) in [5.41, 5.74) is 1.84. The number of thioether (sulfide) groups is 2. The fourth-order valence-electron chi connectivity index (χ4n) is 2.77. The van der Waals surface area contributed by atoms with Crippen LogP contribution in [0, 0.1) is 0 Å². The van der Waals surface area contributed by atoms with Crippen LogP contribution < -0.4 is 10.2 Å². The number of amides is 2. The zero-order valence-electron chi connectivity index (χ0n) is 14.7. The number of anilines is 2. The van der Waals surface area contributed by atoms with Gasteiger partial charge in [-0.25, -0.2) is 0 Å². The summed E-state index contributed by atoms with van der Waals surface area (Å²) in [6, 6.07) is 5.88. The molecule has 0 bridgehead atoms. The Bertz CT molecular complexity index is 848. The average molecular weight is 406 g/mol. The molecule has 0 atom stereocenters. The number of carbonyl (C=O) groups is 2. The van der Waals surface area contributed by atoms with Gasteiger partial charge in [-0.05, 0) is 44.2 Å². The molecular formula is C18H19N3O2S3. The lowest BCUT2D eigenvalue weighted by Crippen LogP contribution is -2.27. The van der Waals surface area contributed by atoms with E-state index in [-0.39, 0.29) is 11.8 Å². The van der Waals surface area contributed by atoms with E-state index in [9.17, 15) is 9.59 Å². The van der Waals surface area contributed by atoms with Crippen molar-refractivity contribution >= 4 is 63.3 Å². The first-order valence-electron chi connectivity index (χ1n) is 8.27. The molecule has 3 rings (SSSR count). The van der Waals surface area contributed by atoms with E-state index in [0.29, 0.717) is 15.8 Å². The Morgan fingerprint density at radius 2 is 1.92 bits per heavy atom. The fourth-order valence-corrected chi connectivity index (χ4v) is 5.20. The number of nitrogens with zero attached hydrogens (tertiary/aromatic N) is 2. The van der Waals surface area contributed by atoms with Crippen molar-refractivity contribution in [3.05, 3.63) is 40.3 Å². The Morgan fingerprint density at radius 1 is 1.19 bits per heavy atom. The van der Waals surface area contributed by atoms with Crippen LogP contribution in [0.25, 0.3) is 0 Å². The molecule has 26 heavy (non-hydrogen) atoms. The topological polar surface area (TPSA) is 52.7 Å². The van der Waals surface area contributed by atoms with E-state index in [0.717, 1.165) is 27.8 Å². The molecule has 0 aromatic heterocycles. The Morgan fingerprint density at radius 3 is 2.54 bits per heavy atom. The fraction of sp³-hybridized carbons (Fsp3) is 0.278. The summed E-state index contributed by atoms with van der Waals surface area (Å²) in [5, 5.41) is 3.86. The Labute approximate surface area is 166 Å². The quantitative estimate of drug-likeness (QED) is 0.599. The third-order valence-electron chi connectivity index (χ3n) is 3.93. The highest BCUT2D eigenvalue weighted by Gasteiger charge is 2.30. The summed E-state index contributed by atoms with van der Waals surface area (Å²) in [7, 11) is 0. The van der Waals surface area contributed by atoms with Crippen LogP contribution in [0.3, 0.4) is 0 Å². The largest absolute Gasteiger partial charge is 0.335 e. The van der Waals surface area contributed by atoms with Gasteiger partial charge >= 0.3 is 0 Å². The van der Waals surface area contributed by atoms with E-state index < -0.39 is 0 Å². The normalized spacial score (nSPS) is 19.7. The number of hydrogen-bond donors (Lipinski definition) is 1. The second-order valence-electron chi connectivity index (χ2n) is 5.66. The number of allylic oxidation sites excluding steroid dienone is 2. The molecule has 0 spiro atoms. The van der Waals surface area contributed by atoms with Gasteiger partial charge in [0.15, 0.2) is 0 Å². The molecular weight excluding hydrogens is 386 g/mol. The maximum absolute atomic E-state index is 12.3. The van der Waals surface area contributed by atoms with Gasteiger partial charge in [0.05, 0.1) is 15.6 Å². The van der Waals surface area contributed by atoms with Gasteiger partial charge in [-0.2, -0.15) is 0 Å². The molecule has 5 nitrogen and oxygen atoms in total. The molecule has 1 aromatic carbocycles. The predicted molar refractivity (Wildman–Crippen MR) is 113 cm³/mol. The van der Waals surface area contributed by atoms with Gasteiger partial charge in [-0.1, -0.05) is 35.7 Å². The predicted octanol–water partition coefficient (Wildman–Crippen LogP) is 4.18. The van der Waals surface area contributed by atoms with Crippen molar-refractivity contribution in [2.45, 2.75) is 25.7 Å². The third kappa shape index (κ3) is 3.67. The summed E-state index contributed by atoms with van der Waals surface area (Å²) in [4.78, 5) is 29.2. The number of nitrogens with one attached hydrogen (secondary N) is 1. The standard InChI is InChI=1S/C18H19N3O2S3/c1-4-20-13-10-12(19-11(3)22)6-7-14(13)25-16(20)9-8-15-17(23)21(5-2)18(24)26-15/h6-10H,4-5H2,1-3H3,(H,19,22)/b15-8-,16-9+. The average Bonchev–Trinajstić information content (AvgIpc) is 3.08. The summed E-state index contributed by atoms with van der Waals surface area (Å²) < 4.78 is 0.608. The van der Waals surface area contributed by atoms with E-state index >= 15 is 0 Å². The minimum atomic E-state index is -0.0904. The molecule has 2 amide bonds. The minimum Gasteiger partial charge on any atom is -0.335 e. The van der Waals surface area contributed by atoms with Crippen molar-refractivity contribution in [3.63, 3.8) is 0 Å². The smallest absolute Gasteiger partial charge is 0.266 e. The Balaban J connectivity index is 1.86. The number of thiocarbonyl (C=S) groups is 1. The van der Waals surface area contributed by atoms with Gasteiger partial charge in [-0.3, -0.25) is 14.5 Å². The number of carbonyl (C=O) groups excluding carboxylic acids is 2. The number of benzene rings is 1. The highest BCUT2D eigenvalue weighted by Crippen LogP contribution is 2.47. The molecule has 2 heterocycles. The second kappa shape index (κ2) is 7.85. The Kier molecular flexibility index (Phi) is 5.74. The van der Waals surface area contributed by atoms with Gasteiger partial charge in [0.25, 0.3) is 5.91 Å². The number of hydrogen-bond acceptors (Lipinski definition) is 6. The number of fused-ring (bicyclic) bond motifs is 1. The summed E-state index contributed by atoms with van der Waals surface area (Å²) >= 11 is 8.24. The molecule has 1 aromatic rings. The molecule has 2 aliphatic rings. The first-order valence-corrected chi connectivity index (χ1v) is 10.3. The molecule has 0 aliphatic carbocycles. The zero-order valence-corrected chi connectivity index (χ0v) is 17.2. The van der Waals surface area contributed by atoms with Crippen molar-refractivity contribution in [2.24, 2.45) is 0 Å². The lowest BCUT2D eigenvalue weighted by atomic mass is 10.2. The second-order valence-corrected chi connectivity index (χ2v) is 8.40. The van der Waals surface area contributed by atoms with Crippen LogP contribution in [0.4, 0.5) is 11.4 Å². The SMILES string of the molecule is CCN1C(=O)/C(=C/C=C2/Sc3ccc(NC(C)=O)cc3N2CC)SC1=S. The summed E-state index contributed by atoms with van der Waals surface area (Å²) in [6.07, 6.45) is 3.81. The van der Waals surface area contributed by atoms with Crippen LogP contribution in [0.5, 0.6) is 0 Å². The van der Waals surface area contributed by atoms with Crippen molar-refractivity contribution in [3.8, 4) is 0 Å². The first kappa shape index (κ1) is 19.0. The van der Waals surface area contributed by atoms with Crippen LogP contribution in [-0.2, 0) is 9.59 Å². The van der Waals surface area contributed by atoms with Gasteiger partial charge in [0.1, 0.15) is 4.32 Å². The van der Waals surface area contributed by atoms with Gasteiger partial charge < -0.3 is 10.2 Å². The van der Waals surface area contributed by atoms with Crippen LogP contribution in [0.2, 0.25) is 0 Å². The van der Waals surface area contributed by atoms with Crippen LogP contribution in [0.15, 0.2) is 45.2 Å². The molecule has 0 radical (unpaired) electrons. The molecule has 0 saturated carbocycles. The molecule has 1 saturated heterocycles. The molecule has 1 N–H and O–H groups in total. The highest BCUT2D eigenvalue weighted by molar-refractivity contribution is 8.26. The van der Waals surface area contributed by atoms with Crippen molar-refractivity contribution in [2.75, 3.05) is 23.3 Å².